The normalized spacial score (nSPS) is 13.8. The third-order valence-electron chi connectivity index (χ3n) is 3.29. The molecule has 110 valence electrons. The summed E-state index contributed by atoms with van der Waals surface area (Å²) in [5.74, 6) is 0.605. The maximum Gasteiger partial charge on any atom is 0.0847 e. The lowest BCUT2D eigenvalue weighted by Gasteiger charge is -2.22. The topological polar surface area (TPSA) is 29.9 Å². The molecule has 1 unspecified atom stereocenters. The highest BCUT2D eigenvalue weighted by Gasteiger charge is 2.16. The van der Waals surface area contributed by atoms with Gasteiger partial charge in [0.2, 0.25) is 0 Å². The highest BCUT2D eigenvalue weighted by molar-refractivity contribution is 6.31. The minimum atomic E-state index is 0.194. The molecule has 0 saturated heterocycles. The molecule has 0 amide bonds. The van der Waals surface area contributed by atoms with E-state index in [-0.39, 0.29) is 5.54 Å². The first-order valence-electron chi connectivity index (χ1n) is 7.21. The molecule has 1 aromatic rings. The molecular weight excluding hydrogens is 258 g/mol. The lowest BCUT2D eigenvalue weighted by Crippen LogP contribution is -2.37. The SMILES string of the molecule is CCn1nc(C)c(Cl)c1CC(C)CCNC(C)(C)C. The number of halogens is 1. The van der Waals surface area contributed by atoms with Crippen molar-refractivity contribution in [3.8, 4) is 0 Å². The van der Waals surface area contributed by atoms with Crippen molar-refractivity contribution < 1.29 is 0 Å². The Morgan fingerprint density at radius 3 is 2.53 bits per heavy atom. The van der Waals surface area contributed by atoms with Crippen LogP contribution in [0.3, 0.4) is 0 Å². The molecule has 0 aliphatic rings. The zero-order valence-corrected chi connectivity index (χ0v) is 13.9. The molecule has 0 bridgehead atoms. The smallest absolute Gasteiger partial charge is 0.0847 e. The summed E-state index contributed by atoms with van der Waals surface area (Å²) in [7, 11) is 0. The van der Waals surface area contributed by atoms with Crippen LogP contribution >= 0.6 is 11.6 Å². The molecule has 4 heteroatoms. The van der Waals surface area contributed by atoms with Gasteiger partial charge in [-0.15, -0.1) is 0 Å². The lowest BCUT2D eigenvalue weighted by atomic mass is 10.0. The highest BCUT2D eigenvalue weighted by Crippen LogP contribution is 2.24. The molecule has 0 radical (unpaired) electrons. The summed E-state index contributed by atoms with van der Waals surface area (Å²) in [4.78, 5) is 0. The maximum absolute atomic E-state index is 6.34. The summed E-state index contributed by atoms with van der Waals surface area (Å²) in [5.41, 5.74) is 2.32. The van der Waals surface area contributed by atoms with Gasteiger partial charge in [-0.2, -0.15) is 5.10 Å². The molecule has 0 saturated carbocycles. The zero-order valence-electron chi connectivity index (χ0n) is 13.2. The van der Waals surface area contributed by atoms with Crippen LogP contribution in [-0.4, -0.2) is 21.9 Å². The van der Waals surface area contributed by atoms with Crippen molar-refractivity contribution in [2.24, 2.45) is 5.92 Å². The van der Waals surface area contributed by atoms with E-state index in [0.29, 0.717) is 5.92 Å². The predicted molar refractivity (Wildman–Crippen MR) is 82.9 cm³/mol. The summed E-state index contributed by atoms with van der Waals surface area (Å²) in [6.07, 6.45) is 2.15. The quantitative estimate of drug-likeness (QED) is 0.861. The number of hydrogen-bond acceptors (Lipinski definition) is 2. The van der Waals surface area contributed by atoms with Crippen molar-refractivity contribution >= 4 is 11.6 Å². The van der Waals surface area contributed by atoms with Crippen LogP contribution in [0.25, 0.3) is 0 Å². The van der Waals surface area contributed by atoms with Crippen LogP contribution in [0.2, 0.25) is 5.02 Å². The lowest BCUT2D eigenvalue weighted by molar-refractivity contribution is 0.390. The van der Waals surface area contributed by atoms with Gasteiger partial charge in [0, 0.05) is 12.1 Å². The van der Waals surface area contributed by atoms with Gasteiger partial charge in [-0.05, 0) is 59.9 Å². The van der Waals surface area contributed by atoms with Crippen molar-refractivity contribution in [3.05, 3.63) is 16.4 Å². The van der Waals surface area contributed by atoms with Crippen molar-refractivity contribution in [1.82, 2.24) is 15.1 Å². The average molecular weight is 286 g/mol. The molecule has 0 aromatic carbocycles. The number of hydrogen-bond donors (Lipinski definition) is 1. The zero-order chi connectivity index (χ0) is 14.6. The van der Waals surface area contributed by atoms with E-state index in [4.69, 9.17) is 11.6 Å². The van der Waals surface area contributed by atoms with Crippen LogP contribution in [0, 0.1) is 12.8 Å². The number of nitrogens with one attached hydrogen (secondary N) is 1. The number of aryl methyl sites for hydroxylation is 2. The Bertz CT molecular complexity index is 404. The van der Waals surface area contributed by atoms with E-state index in [0.717, 1.165) is 36.6 Å². The van der Waals surface area contributed by atoms with Gasteiger partial charge in [0.25, 0.3) is 0 Å². The molecule has 1 rings (SSSR count). The molecule has 0 fully saturated rings. The van der Waals surface area contributed by atoms with Gasteiger partial charge in [-0.1, -0.05) is 18.5 Å². The molecule has 19 heavy (non-hydrogen) atoms. The van der Waals surface area contributed by atoms with Crippen LogP contribution < -0.4 is 5.32 Å². The van der Waals surface area contributed by atoms with Crippen molar-refractivity contribution in [3.63, 3.8) is 0 Å². The van der Waals surface area contributed by atoms with Crippen LogP contribution in [-0.2, 0) is 13.0 Å². The second kappa shape index (κ2) is 6.76. The van der Waals surface area contributed by atoms with Gasteiger partial charge in [-0.3, -0.25) is 4.68 Å². The van der Waals surface area contributed by atoms with Crippen LogP contribution in [0.15, 0.2) is 0 Å². The van der Waals surface area contributed by atoms with Crippen molar-refractivity contribution in [2.45, 2.75) is 66.5 Å². The Kier molecular flexibility index (Phi) is 5.87. The molecule has 1 heterocycles. The van der Waals surface area contributed by atoms with Crippen molar-refractivity contribution in [2.75, 3.05) is 6.54 Å². The van der Waals surface area contributed by atoms with Gasteiger partial charge in [0.05, 0.1) is 16.4 Å². The molecule has 1 aromatic heterocycles. The largest absolute Gasteiger partial charge is 0.312 e. The Morgan fingerprint density at radius 2 is 2.00 bits per heavy atom. The summed E-state index contributed by atoms with van der Waals surface area (Å²) in [6.45, 7) is 14.9. The molecular formula is C15H28ClN3. The summed E-state index contributed by atoms with van der Waals surface area (Å²) in [5, 5.41) is 8.85. The number of rotatable bonds is 6. The average Bonchev–Trinajstić information content (AvgIpc) is 2.55. The van der Waals surface area contributed by atoms with E-state index in [1.54, 1.807) is 0 Å². The standard InChI is InChI=1S/C15H28ClN3/c1-7-19-13(14(16)12(3)18-19)10-11(2)8-9-17-15(4,5)6/h11,17H,7-10H2,1-6H3. The van der Waals surface area contributed by atoms with Crippen LogP contribution in [0.4, 0.5) is 0 Å². The first-order chi connectivity index (χ1) is 8.74. The number of aromatic nitrogens is 2. The molecule has 3 nitrogen and oxygen atoms in total. The monoisotopic (exact) mass is 285 g/mol. The fourth-order valence-corrected chi connectivity index (χ4v) is 2.40. The summed E-state index contributed by atoms with van der Waals surface area (Å²) in [6, 6.07) is 0. The molecule has 0 spiro atoms. The fourth-order valence-electron chi connectivity index (χ4n) is 2.19. The third-order valence-corrected chi connectivity index (χ3v) is 3.78. The minimum absolute atomic E-state index is 0.194. The first kappa shape index (κ1) is 16.5. The van der Waals surface area contributed by atoms with E-state index in [1.807, 2.05) is 11.6 Å². The minimum Gasteiger partial charge on any atom is -0.312 e. The van der Waals surface area contributed by atoms with Gasteiger partial charge in [-0.25, -0.2) is 0 Å². The molecule has 0 aliphatic heterocycles. The summed E-state index contributed by atoms with van der Waals surface area (Å²) < 4.78 is 2.03. The molecule has 1 N–H and O–H groups in total. The Balaban J connectivity index is 2.55. The van der Waals surface area contributed by atoms with Gasteiger partial charge < -0.3 is 5.32 Å². The van der Waals surface area contributed by atoms with Gasteiger partial charge >= 0.3 is 0 Å². The summed E-state index contributed by atoms with van der Waals surface area (Å²) >= 11 is 6.34. The van der Waals surface area contributed by atoms with E-state index < -0.39 is 0 Å². The highest BCUT2D eigenvalue weighted by atomic mass is 35.5. The second-order valence-corrected chi connectivity index (χ2v) is 6.81. The second-order valence-electron chi connectivity index (χ2n) is 6.44. The van der Waals surface area contributed by atoms with Crippen LogP contribution in [0.5, 0.6) is 0 Å². The first-order valence-corrected chi connectivity index (χ1v) is 7.59. The van der Waals surface area contributed by atoms with E-state index in [2.05, 4.69) is 45.0 Å². The van der Waals surface area contributed by atoms with E-state index in [1.165, 1.54) is 5.69 Å². The fraction of sp³-hybridized carbons (Fsp3) is 0.800. The number of nitrogens with zero attached hydrogens (tertiary/aromatic N) is 2. The van der Waals surface area contributed by atoms with Crippen molar-refractivity contribution in [1.29, 1.82) is 0 Å². The Hall–Kier alpha value is -0.540. The molecule has 1 atom stereocenters. The Morgan fingerprint density at radius 1 is 1.37 bits per heavy atom. The predicted octanol–water partition coefficient (Wildman–Crippen LogP) is 3.82. The Labute approximate surface area is 122 Å². The maximum atomic E-state index is 6.34. The third kappa shape index (κ3) is 5.15. The van der Waals surface area contributed by atoms with Gasteiger partial charge in [0.15, 0.2) is 0 Å². The van der Waals surface area contributed by atoms with E-state index >= 15 is 0 Å². The van der Waals surface area contributed by atoms with Crippen LogP contribution in [0.1, 0.15) is 52.4 Å². The molecule has 0 aliphatic carbocycles. The van der Waals surface area contributed by atoms with E-state index in [9.17, 15) is 0 Å². The van der Waals surface area contributed by atoms with Gasteiger partial charge in [0.1, 0.15) is 0 Å².